The van der Waals surface area contributed by atoms with Crippen LogP contribution in [-0.2, 0) is 17.8 Å². The van der Waals surface area contributed by atoms with Crippen molar-refractivity contribution in [1.29, 1.82) is 0 Å². The lowest BCUT2D eigenvalue weighted by Crippen LogP contribution is -2.26. The lowest BCUT2D eigenvalue weighted by Gasteiger charge is -2.18. The molecule has 0 aliphatic carbocycles. The Bertz CT molecular complexity index is 1450. The van der Waals surface area contributed by atoms with Crippen molar-refractivity contribution in [2.24, 2.45) is 0 Å². The van der Waals surface area contributed by atoms with Gasteiger partial charge in [-0.25, -0.2) is 9.97 Å². The number of aromatic nitrogens is 2. The van der Waals surface area contributed by atoms with Gasteiger partial charge in [0.05, 0.1) is 17.8 Å². The van der Waals surface area contributed by atoms with Gasteiger partial charge in [-0.3, -0.25) is 9.59 Å². The predicted octanol–water partition coefficient (Wildman–Crippen LogP) is 5.62. The average molecular weight is 498 g/mol. The number of anilines is 3. The second kappa shape index (κ2) is 9.79. The first-order valence-corrected chi connectivity index (χ1v) is 11.9. The number of hydrogen-bond donors (Lipinski definition) is 2. The molecule has 0 fully saturated rings. The first-order valence-electron chi connectivity index (χ1n) is 11.5. The van der Waals surface area contributed by atoms with Crippen molar-refractivity contribution in [3.05, 3.63) is 100 Å². The van der Waals surface area contributed by atoms with Gasteiger partial charge in [-0.1, -0.05) is 41.4 Å². The number of rotatable bonds is 5. The van der Waals surface area contributed by atoms with Crippen LogP contribution in [0.1, 0.15) is 27.0 Å². The average Bonchev–Trinajstić information content (AvgIpc) is 3.00. The number of fused-ring (bicyclic) bond motifs is 3. The van der Waals surface area contributed by atoms with Gasteiger partial charge >= 0.3 is 0 Å². The zero-order valence-electron chi connectivity index (χ0n) is 19.9. The Hall–Kier alpha value is -4.23. The van der Waals surface area contributed by atoms with Crippen LogP contribution in [0.25, 0.3) is 11.3 Å². The number of amides is 2. The Morgan fingerprint density at radius 3 is 2.58 bits per heavy atom. The molecular formula is C28H24ClN5O2. The van der Waals surface area contributed by atoms with Crippen LogP contribution in [0.3, 0.4) is 0 Å². The van der Waals surface area contributed by atoms with Crippen molar-refractivity contribution >= 4 is 40.7 Å². The zero-order valence-corrected chi connectivity index (χ0v) is 20.6. The van der Waals surface area contributed by atoms with E-state index < -0.39 is 0 Å². The molecule has 0 atom stereocenters. The van der Waals surface area contributed by atoms with E-state index in [-0.39, 0.29) is 18.2 Å². The molecule has 0 saturated heterocycles. The van der Waals surface area contributed by atoms with E-state index in [1.165, 1.54) is 5.56 Å². The molecule has 2 amide bonds. The number of halogens is 1. The molecule has 1 aromatic heterocycles. The van der Waals surface area contributed by atoms with Crippen LogP contribution < -0.4 is 10.6 Å². The van der Waals surface area contributed by atoms with Crippen LogP contribution in [0.15, 0.2) is 72.9 Å². The monoisotopic (exact) mass is 497 g/mol. The van der Waals surface area contributed by atoms with Gasteiger partial charge in [-0.05, 0) is 55.0 Å². The van der Waals surface area contributed by atoms with Crippen LogP contribution in [0.5, 0.6) is 0 Å². The highest BCUT2D eigenvalue weighted by atomic mass is 35.5. The summed E-state index contributed by atoms with van der Waals surface area (Å²) in [5.74, 6) is 0.185. The third-order valence-corrected chi connectivity index (χ3v) is 6.24. The Morgan fingerprint density at radius 1 is 1.08 bits per heavy atom. The van der Waals surface area contributed by atoms with Gasteiger partial charge < -0.3 is 15.5 Å². The fourth-order valence-electron chi connectivity index (χ4n) is 4.11. The standard InChI is InChI=1S/C28H24ClN5O2/c1-17-3-5-18(6-4-17)16-34(2)27(36)19-7-10-22(11-8-19)31-28-30-15-20-13-25(35)32-24-14-21(29)9-12-23(24)26(20)33-28/h3-12,14-15H,13,16H2,1-2H3,(H,32,35)(H,30,31,33). The molecule has 0 unspecified atom stereocenters. The van der Waals surface area contributed by atoms with E-state index in [1.54, 1.807) is 42.4 Å². The minimum atomic E-state index is -0.144. The van der Waals surface area contributed by atoms with E-state index >= 15 is 0 Å². The largest absolute Gasteiger partial charge is 0.337 e. The van der Waals surface area contributed by atoms with Crippen LogP contribution in [0, 0.1) is 6.92 Å². The molecule has 4 aromatic rings. The smallest absolute Gasteiger partial charge is 0.253 e. The molecule has 0 radical (unpaired) electrons. The number of nitrogens with zero attached hydrogens (tertiary/aromatic N) is 3. The van der Waals surface area contributed by atoms with Crippen molar-refractivity contribution in [1.82, 2.24) is 14.9 Å². The number of benzene rings is 3. The van der Waals surface area contributed by atoms with Crippen molar-refractivity contribution in [2.75, 3.05) is 17.7 Å². The third-order valence-electron chi connectivity index (χ3n) is 6.00. The Labute approximate surface area is 214 Å². The molecule has 3 aromatic carbocycles. The molecule has 2 N–H and O–H groups in total. The van der Waals surface area contributed by atoms with Crippen LogP contribution in [-0.4, -0.2) is 33.7 Å². The molecule has 1 aliphatic rings. The Morgan fingerprint density at radius 2 is 1.83 bits per heavy atom. The molecule has 180 valence electrons. The van der Waals surface area contributed by atoms with Gasteiger partial charge in [-0.2, -0.15) is 0 Å². The van der Waals surface area contributed by atoms with E-state index in [4.69, 9.17) is 11.6 Å². The van der Waals surface area contributed by atoms with Gasteiger partial charge in [0.25, 0.3) is 5.91 Å². The summed E-state index contributed by atoms with van der Waals surface area (Å²) in [6.45, 7) is 2.57. The summed E-state index contributed by atoms with van der Waals surface area (Å²) in [5.41, 5.74) is 6.40. The summed E-state index contributed by atoms with van der Waals surface area (Å²) in [5, 5.41) is 6.60. The zero-order chi connectivity index (χ0) is 25.2. The summed E-state index contributed by atoms with van der Waals surface area (Å²) < 4.78 is 0. The minimum absolute atomic E-state index is 0.0594. The highest BCUT2D eigenvalue weighted by molar-refractivity contribution is 6.31. The molecule has 0 saturated carbocycles. The Balaban J connectivity index is 1.32. The Kier molecular flexibility index (Phi) is 6.40. The predicted molar refractivity (Wildman–Crippen MR) is 142 cm³/mol. The van der Waals surface area contributed by atoms with Crippen molar-refractivity contribution in [2.45, 2.75) is 19.9 Å². The van der Waals surface area contributed by atoms with Gasteiger partial charge in [0.1, 0.15) is 0 Å². The summed E-state index contributed by atoms with van der Waals surface area (Å²) in [6, 6.07) is 20.7. The fraction of sp³-hybridized carbons (Fsp3) is 0.143. The van der Waals surface area contributed by atoms with Gasteiger partial charge in [0.15, 0.2) is 0 Å². The highest BCUT2D eigenvalue weighted by Gasteiger charge is 2.21. The second-order valence-electron chi connectivity index (χ2n) is 8.83. The first kappa shape index (κ1) is 23.5. The molecule has 7 nitrogen and oxygen atoms in total. The molecular weight excluding hydrogens is 474 g/mol. The number of hydrogen-bond acceptors (Lipinski definition) is 5. The lowest BCUT2D eigenvalue weighted by molar-refractivity contribution is -0.115. The third kappa shape index (κ3) is 5.06. The second-order valence-corrected chi connectivity index (χ2v) is 9.27. The normalized spacial score (nSPS) is 12.1. The van der Waals surface area contributed by atoms with Crippen LogP contribution >= 0.6 is 11.6 Å². The van der Waals surface area contributed by atoms with Crippen molar-refractivity contribution in [3.63, 3.8) is 0 Å². The van der Waals surface area contributed by atoms with E-state index in [1.807, 2.05) is 49.4 Å². The first-order chi connectivity index (χ1) is 17.4. The molecule has 8 heteroatoms. The van der Waals surface area contributed by atoms with E-state index in [0.29, 0.717) is 34.5 Å². The maximum atomic E-state index is 12.9. The molecule has 36 heavy (non-hydrogen) atoms. The SMILES string of the molecule is Cc1ccc(CN(C)C(=O)c2ccc(Nc3ncc4c(n3)-c3ccc(Cl)cc3NC(=O)C4)cc2)cc1. The van der Waals surface area contributed by atoms with Crippen LogP contribution in [0.4, 0.5) is 17.3 Å². The maximum absolute atomic E-state index is 12.9. The number of nitrogens with one attached hydrogen (secondary N) is 2. The van der Waals surface area contributed by atoms with E-state index in [9.17, 15) is 9.59 Å². The maximum Gasteiger partial charge on any atom is 0.253 e. The quantitative estimate of drug-likeness (QED) is 0.374. The van der Waals surface area contributed by atoms with E-state index in [2.05, 4.69) is 20.6 Å². The number of carbonyl (C=O) groups excluding carboxylic acids is 2. The summed E-state index contributed by atoms with van der Waals surface area (Å²) in [7, 11) is 1.79. The number of aryl methyl sites for hydroxylation is 1. The van der Waals surface area contributed by atoms with Gasteiger partial charge in [0, 0.05) is 47.2 Å². The highest BCUT2D eigenvalue weighted by Crippen LogP contribution is 2.34. The molecule has 1 aliphatic heterocycles. The van der Waals surface area contributed by atoms with Gasteiger partial charge in [0.2, 0.25) is 11.9 Å². The summed E-state index contributed by atoms with van der Waals surface area (Å²) >= 11 is 6.12. The summed E-state index contributed by atoms with van der Waals surface area (Å²) in [4.78, 5) is 35.9. The van der Waals surface area contributed by atoms with Crippen molar-refractivity contribution in [3.8, 4) is 11.3 Å². The minimum Gasteiger partial charge on any atom is -0.337 e. The molecule has 5 rings (SSSR count). The topological polar surface area (TPSA) is 87.2 Å². The molecule has 0 bridgehead atoms. The lowest BCUT2D eigenvalue weighted by atomic mass is 10.1. The molecule has 2 heterocycles. The molecule has 0 spiro atoms. The van der Waals surface area contributed by atoms with Crippen molar-refractivity contribution < 1.29 is 9.59 Å². The number of carbonyl (C=O) groups is 2. The summed E-state index contributed by atoms with van der Waals surface area (Å²) in [6.07, 6.45) is 1.83. The fourth-order valence-corrected chi connectivity index (χ4v) is 4.28. The van der Waals surface area contributed by atoms with Crippen LogP contribution in [0.2, 0.25) is 5.02 Å². The van der Waals surface area contributed by atoms with E-state index in [0.717, 1.165) is 22.4 Å². The van der Waals surface area contributed by atoms with Gasteiger partial charge in [-0.15, -0.1) is 0 Å².